The van der Waals surface area contributed by atoms with Gasteiger partial charge in [-0.3, -0.25) is 4.79 Å². The standard InChI is InChI=1S/C22H24O/c23-22-11-10-16-12-14-4-1-5-15-13-21(22)20-9-3-7-18(16)17(14)6-2-8-19(15)20/h12-13H,1-11H2. The number of fused-ring (bicyclic) bond motifs is 4. The lowest BCUT2D eigenvalue weighted by Gasteiger charge is -2.33. The van der Waals surface area contributed by atoms with Gasteiger partial charge in [-0.2, -0.15) is 0 Å². The van der Waals surface area contributed by atoms with Gasteiger partial charge in [0.25, 0.3) is 0 Å². The first-order valence-corrected chi connectivity index (χ1v) is 9.44. The third-order valence-electron chi connectivity index (χ3n) is 6.40. The Morgan fingerprint density at radius 3 is 1.78 bits per heavy atom. The highest BCUT2D eigenvalue weighted by Gasteiger charge is 2.51. The zero-order valence-corrected chi connectivity index (χ0v) is 13.8. The minimum absolute atomic E-state index is 0.394. The van der Waals surface area contributed by atoms with Gasteiger partial charge in [0.2, 0.25) is 0 Å². The summed E-state index contributed by atoms with van der Waals surface area (Å²) in [7, 11) is 0. The maximum Gasteiger partial charge on any atom is 0.141 e. The van der Waals surface area contributed by atoms with Gasteiger partial charge in [-0.25, -0.2) is 0 Å². The first kappa shape index (κ1) is 15.0. The Morgan fingerprint density at radius 1 is 0.522 bits per heavy atom. The summed E-state index contributed by atoms with van der Waals surface area (Å²) < 4.78 is 0. The summed E-state index contributed by atoms with van der Waals surface area (Å²) in [5, 5.41) is 0. The molecule has 0 aromatic rings. The number of carbonyl (C=O) groups excluding carboxylic acids is 1. The van der Waals surface area contributed by atoms with Gasteiger partial charge in [0.05, 0.1) is 5.92 Å². The highest BCUT2D eigenvalue weighted by atomic mass is 16.1. The van der Waals surface area contributed by atoms with Crippen molar-refractivity contribution in [2.24, 2.45) is 0 Å². The number of Topliss-reactive ketones (excluding diaryl/α,β-unsaturated/α-hetero) is 1. The summed E-state index contributed by atoms with van der Waals surface area (Å²) in [4.78, 5) is 12.9. The van der Waals surface area contributed by atoms with Crippen molar-refractivity contribution in [1.29, 1.82) is 0 Å². The van der Waals surface area contributed by atoms with E-state index in [0.29, 0.717) is 12.2 Å². The molecule has 0 saturated heterocycles. The molecule has 23 heavy (non-hydrogen) atoms. The van der Waals surface area contributed by atoms with E-state index < -0.39 is 0 Å². The van der Waals surface area contributed by atoms with Crippen molar-refractivity contribution in [3.63, 3.8) is 0 Å². The van der Waals surface area contributed by atoms with E-state index >= 15 is 0 Å². The van der Waals surface area contributed by atoms with Gasteiger partial charge in [-0.15, -0.1) is 0 Å². The maximum atomic E-state index is 12.9. The number of hydrogen-bond acceptors (Lipinski definition) is 1. The second-order valence-electron chi connectivity index (χ2n) is 7.68. The van der Waals surface area contributed by atoms with E-state index in [1.165, 1.54) is 62.7 Å². The van der Waals surface area contributed by atoms with E-state index in [0.717, 1.165) is 25.2 Å². The first-order chi connectivity index (χ1) is 11.3. The van der Waals surface area contributed by atoms with Crippen molar-refractivity contribution >= 4 is 5.78 Å². The Kier molecular flexibility index (Phi) is 3.83. The molecule has 0 N–H and O–H groups in total. The summed E-state index contributed by atoms with van der Waals surface area (Å²) in [6.45, 7) is 0. The number of hydrogen-bond donors (Lipinski definition) is 0. The lowest BCUT2D eigenvalue weighted by Crippen LogP contribution is -2.24. The lowest BCUT2D eigenvalue weighted by atomic mass is 9.70. The van der Waals surface area contributed by atoms with Crippen LogP contribution in [0, 0.1) is 60.2 Å². The molecule has 0 aromatic heterocycles. The number of ketones is 1. The SMILES string of the molecule is O=C1CC[C]2[CH][C]3CCC[C]4[CH][C]1[C]1CCC[C]2[C]3CCC[C]41. The fourth-order valence-electron chi connectivity index (χ4n) is 5.35. The van der Waals surface area contributed by atoms with E-state index in [-0.39, 0.29) is 0 Å². The van der Waals surface area contributed by atoms with Gasteiger partial charge in [0.15, 0.2) is 0 Å². The summed E-state index contributed by atoms with van der Waals surface area (Å²) >= 11 is 0. The molecule has 0 heterocycles. The summed E-state index contributed by atoms with van der Waals surface area (Å²) in [6.07, 6.45) is 17.2. The second-order valence-corrected chi connectivity index (χ2v) is 7.68. The van der Waals surface area contributed by atoms with Gasteiger partial charge in [-0.05, 0) is 99.2 Å². The van der Waals surface area contributed by atoms with Crippen molar-refractivity contribution < 1.29 is 4.79 Å². The molecular formula is C22H24O. The number of rotatable bonds is 0. The Hall–Kier alpha value is -0.330. The molecule has 0 unspecified atom stereocenters. The first-order valence-electron chi connectivity index (χ1n) is 9.44. The van der Waals surface area contributed by atoms with Crippen LogP contribution in [0.1, 0.15) is 70.6 Å². The van der Waals surface area contributed by atoms with Crippen LogP contribution in [0.25, 0.3) is 0 Å². The Labute approximate surface area is 142 Å². The molecule has 1 heteroatoms. The van der Waals surface area contributed by atoms with E-state index in [1.807, 2.05) is 0 Å². The minimum Gasteiger partial charge on any atom is -0.299 e. The smallest absolute Gasteiger partial charge is 0.141 e. The van der Waals surface area contributed by atoms with Gasteiger partial charge < -0.3 is 0 Å². The zero-order valence-electron chi connectivity index (χ0n) is 13.8. The second kappa shape index (κ2) is 5.88. The van der Waals surface area contributed by atoms with E-state index in [4.69, 9.17) is 0 Å². The van der Waals surface area contributed by atoms with Gasteiger partial charge in [0, 0.05) is 6.42 Å². The number of carbonyl (C=O) groups is 1. The molecule has 0 aliphatic heterocycles. The Morgan fingerprint density at radius 2 is 1.04 bits per heavy atom. The fourth-order valence-corrected chi connectivity index (χ4v) is 5.35. The van der Waals surface area contributed by atoms with Crippen LogP contribution in [0.15, 0.2) is 0 Å². The van der Waals surface area contributed by atoms with E-state index in [9.17, 15) is 4.79 Å². The topological polar surface area (TPSA) is 17.1 Å². The highest BCUT2D eigenvalue weighted by Crippen LogP contribution is 2.61. The maximum absolute atomic E-state index is 12.9. The van der Waals surface area contributed by atoms with Crippen molar-refractivity contribution in [2.45, 2.75) is 70.6 Å². The van der Waals surface area contributed by atoms with Crippen LogP contribution in [0.5, 0.6) is 0 Å². The predicted octanol–water partition coefficient (Wildman–Crippen LogP) is 4.92. The van der Waals surface area contributed by atoms with Crippen molar-refractivity contribution in [2.75, 3.05) is 0 Å². The zero-order chi connectivity index (χ0) is 15.4. The molecule has 5 saturated carbocycles. The molecule has 5 fully saturated rings. The van der Waals surface area contributed by atoms with Gasteiger partial charge in [-0.1, -0.05) is 19.3 Å². The summed E-state index contributed by atoms with van der Waals surface area (Å²) in [5.41, 5.74) is 0. The van der Waals surface area contributed by atoms with Gasteiger partial charge in [0.1, 0.15) is 5.78 Å². The lowest BCUT2D eigenvalue weighted by molar-refractivity contribution is -0.116. The van der Waals surface area contributed by atoms with Crippen LogP contribution in [0.3, 0.4) is 0 Å². The average molecular weight is 304 g/mol. The third kappa shape index (κ3) is 2.44. The van der Waals surface area contributed by atoms with E-state index in [2.05, 4.69) is 12.8 Å². The minimum atomic E-state index is 0.394. The fraction of sp³-hybridized carbons (Fsp3) is 0.500. The molecule has 0 atom stereocenters. The van der Waals surface area contributed by atoms with Crippen LogP contribution in [0.4, 0.5) is 0 Å². The highest BCUT2D eigenvalue weighted by molar-refractivity contribution is 6.00. The summed E-state index contributed by atoms with van der Waals surface area (Å²) in [6, 6.07) is 0. The average Bonchev–Trinajstić information content (AvgIpc) is 3.07. The molecule has 1 nitrogen and oxygen atoms in total. The Bertz CT molecular complexity index is 469. The van der Waals surface area contributed by atoms with Crippen LogP contribution in [0.2, 0.25) is 0 Å². The molecule has 5 aliphatic carbocycles. The molecule has 10 radical (unpaired) electrons. The van der Waals surface area contributed by atoms with Gasteiger partial charge >= 0.3 is 0 Å². The molecule has 118 valence electrons. The largest absolute Gasteiger partial charge is 0.299 e. The summed E-state index contributed by atoms with van der Waals surface area (Å²) in [5.74, 6) is 12.4. The third-order valence-corrected chi connectivity index (χ3v) is 6.40. The van der Waals surface area contributed by atoms with Crippen LogP contribution < -0.4 is 0 Å². The Balaban J connectivity index is 1.58. The van der Waals surface area contributed by atoms with Crippen molar-refractivity contribution in [1.82, 2.24) is 0 Å². The molecule has 5 aliphatic rings. The van der Waals surface area contributed by atoms with E-state index in [1.54, 1.807) is 23.7 Å². The molecule has 0 amide bonds. The normalized spacial score (nSPS) is 34.0. The molecular weight excluding hydrogens is 280 g/mol. The molecule has 5 rings (SSSR count). The predicted molar refractivity (Wildman–Crippen MR) is 90.3 cm³/mol. The van der Waals surface area contributed by atoms with Crippen LogP contribution in [-0.4, -0.2) is 5.78 Å². The van der Waals surface area contributed by atoms with Crippen molar-refractivity contribution in [3.8, 4) is 0 Å². The van der Waals surface area contributed by atoms with Crippen LogP contribution in [-0.2, 0) is 4.79 Å². The monoisotopic (exact) mass is 304 g/mol. The molecule has 0 spiro atoms. The molecule has 0 aromatic carbocycles. The van der Waals surface area contributed by atoms with Crippen molar-refractivity contribution in [3.05, 3.63) is 60.2 Å². The quantitative estimate of drug-likeness (QED) is 0.621. The molecule has 4 bridgehead atoms. The van der Waals surface area contributed by atoms with Crippen LogP contribution >= 0.6 is 0 Å².